The second-order valence-electron chi connectivity index (χ2n) is 10.2. The molecule has 0 spiro atoms. The number of thioether (sulfide) groups is 1. The van der Waals surface area contributed by atoms with Crippen molar-refractivity contribution in [2.45, 2.75) is 37.3 Å². The molecule has 0 aliphatic rings. The third-order valence-corrected chi connectivity index (χ3v) is 8.39. The molecular weight excluding hydrogens is 586 g/mol. The summed E-state index contributed by atoms with van der Waals surface area (Å²) in [6.45, 7) is 5.91. The van der Waals surface area contributed by atoms with E-state index >= 15 is 0 Å². The largest absolute Gasteiger partial charge is 0.497 e. The molecule has 1 atom stereocenters. The van der Waals surface area contributed by atoms with Crippen molar-refractivity contribution in [3.63, 3.8) is 0 Å². The van der Waals surface area contributed by atoms with Crippen LogP contribution in [0.3, 0.4) is 0 Å². The SMILES string of the molecule is CCC(Sc1cccc(NC(=O)/C(=C\c2ccc(OC)cc2OC)NC(=O)c2ccccc2)c1)C(=O)Nc1c(C)cccc1C. The number of carbonyl (C=O) groups excluding carboxylic acids is 3. The molecule has 4 aromatic rings. The van der Waals surface area contributed by atoms with Crippen LogP contribution in [-0.4, -0.2) is 37.2 Å². The van der Waals surface area contributed by atoms with Gasteiger partial charge in [0.1, 0.15) is 17.2 Å². The average molecular weight is 624 g/mol. The smallest absolute Gasteiger partial charge is 0.272 e. The number of rotatable bonds is 12. The first-order chi connectivity index (χ1) is 21.7. The van der Waals surface area contributed by atoms with Gasteiger partial charge in [0.25, 0.3) is 11.8 Å². The van der Waals surface area contributed by atoms with Gasteiger partial charge in [-0.15, -0.1) is 11.8 Å². The summed E-state index contributed by atoms with van der Waals surface area (Å²) in [5.74, 6) is 0.00716. The average Bonchev–Trinajstić information content (AvgIpc) is 3.05. The number of hydrogen-bond donors (Lipinski definition) is 3. The van der Waals surface area contributed by atoms with Gasteiger partial charge in [-0.2, -0.15) is 0 Å². The molecule has 8 nitrogen and oxygen atoms in total. The van der Waals surface area contributed by atoms with E-state index in [1.807, 2.05) is 63.2 Å². The van der Waals surface area contributed by atoms with E-state index in [-0.39, 0.29) is 16.9 Å². The molecule has 232 valence electrons. The lowest BCUT2D eigenvalue weighted by atomic mass is 10.1. The molecular formula is C36H37N3O5S. The van der Waals surface area contributed by atoms with Gasteiger partial charge < -0.3 is 25.4 Å². The molecule has 0 aliphatic heterocycles. The highest BCUT2D eigenvalue weighted by atomic mass is 32.2. The van der Waals surface area contributed by atoms with Crippen molar-refractivity contribution in [1.82, 2.24) is 5.32 Å². The van der Waals surface area contributed by atoms with Crippen LogP contribution in [-0.2, 0) is 9.59 Å². The Morgan fingerprint density at radius 3 is 2.20 bits per heavy atom. The topological polar surface area (TPSA) is 106 Å². The molecule has 0 fully saturated rings. The first kappa shape index (κ1) is 32.9. The van der Waals surface area contributed by atoms with Crippen LogP contribution < -0.4 is 25.4 Å². The maximum Gasteiger partial charge on any atom is 0.272 e. The first-order valence-corrected chi connectivity index (χ1v) is 15.4. The standard InChI is InChI=1S/C36H37N3O5S/c1-6-32(36(42)39-33-23(2)12-10-13-24(33)3)45-29-17-11-16-27(21-29)37-35(41)30(38-34(40)25-14-8-7-9-15-25)20-26-18-19-28(43-4)22-31(26)44-5/h7-22,32H,6H2,1-5H3,(H,37,41)(H,38,40)(H,39,42)/b30-20+. The lowest BCUT2D eigenvalue weighted by Gasteiger charge is -2.18. The van der Waals surface area contributed by atoms with Crippen molar-refractivity contribution >= 4 is 46.9 Å². The molecule has 0 heterocycles. The summed E-state index contributed by atoms with van der Waals surface area (Å²) in [6, 6.07) is 27.0. The lowest BCUT2D eigenvalue weighted by Crippen LogP contribution is -2.30. The first-order valence-electron chi connectivity index (χ1n) is 14.5. The zero-order chi connectivity index (χ0) is 32.3. The molecule has 0 saturated carbocycles. The number of anilines is 2. The van der Waals surface area contributed by atoms with Crippen molar-refractivity contribution < 1.29 is 23.9 Å². The Balaban J connectivity index is 1.56. The zero-order valence-corrected chi connectivity index (χ0v) is 26.8. The number of nitrogens with one attached hydrogen (secondary N) is 3. The highest BCUT2D eigenvalue weighted by Crippen LogP contribution is 2.30. The van der Waals surface area contributed by atoms with Crippen molar-refractivity contribution in [3.8, 4) is 11.5 Å². The van der Waals surface area contributed by atoms with Crippen LogP contribution in [0.25, 0.3) is 6.08 Å². The summed E-state index contributed by atoms with van der Waals surface area (Å²) >= 11 is 1.42. The van der Waals surface area contributed by atoms with E-state index in [2.05, 4.69) is 16.0 Å². The van der Waals surface area contributed by atoms with E-state index < -0.39 is 11.8 Å². The molecule has 45 heavy (non-hydrogen) atoms. The molecule has 0 bridgehead atoms. The van der Waals surface area contributed by atoms with E-state index in [0.29, 0.717) is 34.7 Å². The minimum atomic E-state index is -0.529. The van der Waals surface area contributed by atoms with Crippen LogP contribution in [0.2, 0.25) is 0 Å². The Morgan fingerprint density at radius 1 is 0.822 bits per heavy atom. The van der Waals surface area contributed by atoms with E-state index in [0.717, 1.165) is 21.7 Å². The normalized spacial score (nSPS) is 11.7. The Hall–Kier alpha value is -5.02. The summed E-state index contributed by atoms with van der Waals surface area (Å²) in [4.78, 5) is 40.8. The second-order valence-corrected chi connectivity index (χ2v) is 11.5. The van der Waals surface area contributed by atoms with Crippen LogP contribution in [0.1, 0.15) is 40.4 Å². The predicted molar refractivity (Wildman–Crippen MR) is 181 cm³/mol. The van der Waals surface area contributed by atoms with Crippen LogP contribution >= 0.6 is 11.8 Å². The summed E-state index contributed by atoms with van der Waals surface area (Å²) in [5.41, 5.74) is 4.34. The van der Waals surface area contributed by atoms with Gasteiger partial charge >= 0.3 is 0 Å². The summed E-state index contributed by atoms with van der Waals surface area (Å²) in [6.07, 6.45) is 2.16. The van der Waals surface area contributed by atoms with Gasteiger partial charge in [0, 0.05) is 33.5 Å². The monoisotopic (exact) mass is 623 g/mol. The van der Waals surface area contributed by atoms with Gasteiger partial charge in [-0.25, -0.2) is 0 Å². The molecule has 0 saturated heterocycles. The number of amides is 3. The van der Waals surface area contributed by atoms with Crippen molar-refractivity contribution in [3.05, 3.63) is 119 Å². The minimum absolute atomic E-state index is 0.0183. The van der Waals surface area contributed by atoms with Gasteiger partial charge in [0.05, 0.1) is 19.5 Å². The fourth-order valence-electron chi connectivity index (χ4n) is 4.58. The Labute approximate surface area is 268 Å². The van der Waals surface area contributed by atoms with Crippen LogP contribution in [0, 0.1) is 13.8 Å². The third-order valence-electron chi connectivity index (χ3n) is 7.03. The van der Waals surface area contributed by atoms with Crippen LogP contribution in [0.15, 0.2) is 102 Å². The fraction of sp³-hybridized carbons (Fsp3) is 0.194. The van der Waals surface area contributed by atoms with Gasteiger partial charge in [0.15, 0.2) is 0 Å². The highest BCUT2D eigenvalue weighted by molar-refractivity contribution is 8.00. The van der Waals surface area contributed by atoms with Crippen LogP contribution in [0.4, 0.5) is 11.4 Å². The Bertz CT molecular complexity index is 1680. The number of ether oxygens (including phenoxy) is 2. The van der Waals surface area contributed by atoms with E-state index in [1.54, 1.807) is 61.7 Å². The number of benzene rings is 4. The fourth-order valence-corrected chi connectivity index (χ4v) is 5.60. The zero-order valence-electron chi connectivity index (χ0n) is 26.0. The number of methoxy groups -OCH3 is 2. The number of aryl methyl sites for hydroxylation is 2. The molecule has 0 aliphatic carbocycles. The van der Waals surface area contributed by atoms with Crippen molar-refractivity contribution in [2.24, 2.45) is 0 Å². The number of carbonyl (C=O) groups is 3. The molecule has 4 aromatic carbocycles. The summed E-state index contributed by atoms with van der Waals surface area (Å²) in [5, 5.41) is 8.38. The summed E-state index contributed by atoms with van der Waals surface area (Å²) in [7, 11) is 3.07. The van der Waals surface area contributed by atoms with Crippen molar-refractivity contribution in [2.75, 3.05) is 24.9 Å². The quantitative estimate of drug-likeness (QED) is 0.114. The minimum Gasteiger partial charge on any atom is -0.497 e. The third kappa shape index (κ3) is 8.77. The molecule has 9 heteroatoms. The highest BCUT2D eigenvalue weighted by Gasteiger charge is 2.21. The maximum absolute atomic E-state index is 13.6. The van der Waals surface area contributed by atoms with Crippen molar-refractivity contribution in [1.29, 1.82) is 0 Å². The van der Waals surface area contributed by atoms with E-state index in [9.17, 15) is 14.4 Å². The molecule has 4 rings (SSSR count). The maximum atomic E-state index is 13.6. The van der Waals surface area contributed by atoms with E-state index in [1.165, 1.54) is 18.9 Å². The van der Waals surface area contributed by atoms with Gasteiger partial charge in [-0.1, -0.05) is 49.4 Å². The van der Waals surface area contributed by atoms with Gasteiger partial charge in [-0.3, -0.25) is 14.4 Å². The Kier molecular flexibility index (Phi) is 11.4. The van der Waals surface area contributed by atoms with E-state index in [4.69, 9.17) is 9.47 Å². The predicted octanol–water partition coefficient (Wildman–Crippen LogP) is 7.24. The molecule has 3 amide bonds. The van der Waals surface area contributed by atoms with Crippen LogP contribution in [0.5, 0.6) is 11.5 Å². The summed E-state index contributed by atoms with van der Waals surface area (Å²) < 4.78 is 10.8. The van der Waals surface area contributed by atoms with Gasteiger partial charge in [-0.05, 0) is 79.9 Å². The molecule has 3 N–H and O–H groups in total. The Morgan fingerprint density at radius 2 is 1.53 bits per heavy atom. The van der Waals surface area contributed by atoms with Gasteiger partial charge in [0.2, 0.25) is 5.91 Å². The molecule has 0 radical (unpaired) electrons. The number of para-hydroxylation sites is 1. The number of hydrogen-bond acceptors (Lipinski definition) is 6. The second kappa shape index (κ2) is 15.6. The lowest BCUT2D eigenvalue weighted by molar-refractivity contribution is -0.116. The molecule has 0 aromatic heterocycles. The molecule has 1 unspecified atom stereocenters.